The van der Waals surface area contributed by atoms with Gasteiger partial charge in [-0.05, 0) is 84.6 Å². The van der Waals surface area contributed by atoms with E-state index in [9.17, 15) is 22.6 Å². The Morgan fingerprint density at radius 2 is 1.69 bits per heavy atom. The largest absolute Gasteiger partial charge is 0.497 e. The van der Waals surface area contributed by atoms with Crippen LogP contribution in [0.4, 0.5) is 11.4 Å². The molecule has 36 heavy (non-hydrogen) atoms. The van der Waals surface area contributed by atoms with Crippen LogP contribution in [-0.2, 0) is 10.1 Å². The number of Topliss-reactive ketones (excluding diaryl/α,β-unsaturated/α-hetero) is 2. The van der Waals surface area contributed by atoms with Crippen molar-refractivity contribution in [2.24, 2.45) is 0 Å². The summed E-state index contributed by atoms with van der Waals surface area (Å²) in [6, 6.07) is 17.9. The van der Waals surface area contributed by atoms with Crippen LogP contribution in [0.15, 0.2) is 71.1 Å². The first-order chi connectivity index (χ1) is 17.3. The molecule has 2 unspecified atom stereocenters. The van der Waals surface area contributed by atoms with Crippen LogP contribution in [0, 0.1) is 0 Å². The third kappa shape index (κ3) is 3.48. The van der Waals surface area contributed by atoms with Crippen LogP contribution in [-0.4, -0.2) is 37.7 Å². The second-order valence-corrected chi connectivity index (χ2v) is 10.8. The average molecular weight is 502 g/mol. The zero-order chi connectivity index (χ0) is 25.2. The molecule has 1 heterocycles. The van der Waals surface area contributed by atoms with Crippen LogP contribution in [0.1, 0.15) is 57.0 Å². The number of carbonyl (C=O) groups excluding carboxylic acids is 2. The van der Waals surface area contributed by atoms with Crippen molar-refractivity contribution in [3.63, 3.8) is 0 Å². The lowest BCUT2D eigenvalue weighted by Gasteiger charge is -2.27. The predicted octanol–water partition coefficient (Wildman–Crippen LogP) is 5.19. The molecule has 0 saturated heterocycles. The number of rotatable bonds is 4. The molecule has 3 aromatic rings. The van der Waals surface area contributed by atoms with E-state index >= 15 is 0 Å². The fraction of sp³-hybridized carbons (Fsp3) is 0.214. The summed E-state index contributed by atoms with van der Waals surface area (Å²) in [6.07, 6.45) is 4.88. The minimum atomic E-state index is -4.48. The van der Waals surface area contributed by atoms with E-state index in [-0.39, 0.29) is 16.7 Å². The molecular weight excluding hydrogens is 478 g/mol. The number of anilines is 2. The zero-order valence-corrected chi connectivity index (χ0v) is 20.3. The summed E-state index contributed by atoms with van der Waals surface area (Å²) in [7, 11) is -2.84. The molecule has 2 aliphatic carbocycles. The second kappa shape index (κ2) is 8.15. The molecule has 0 bridgehead atoms. The molecule has 3 aromatic carbocycles. The van der Waals surface area contributed by atoms with Crippen molar-refractivity contribution in [2.75, 3.05) is 12.0 Å². The maximum absolute atomic E-state index is 13.0. The van der Waals surface area contributed by atoms with Gasteiger partial charge < -0.3 is 9.64 Å². The minimum Gasteiger partial charge on any atom is -0.497 e. The number of hydrogen-bond donors (Lipinski definition) is 1. The fourth-order valence-electron chi connectivity index (χ4n) is 5.80. The number of carbonyl (C=O) groups is 2. The minimum absolute atomic E-state index is 0.00887. The van der Waals surface area contributed by atoms with E-state index in [0.717, 1.165) is 54.1 Å². The molecule has 3 aliphatic rings. The number of methoxy groups -OCH3 is 1. The van der Waals surface area contributed by atoms with Gasteiger partial charge in [0, 0.05) is 34.5 Å². The first kappa shape index (κ1) is 22.7. The number of fused-ring (bicyclic) bond motifs is 4. The standard InChI is InChI=1S/C28H23NO6S/c1-35-18-8-6-17(7-9-18)29-25-4-2-3-20(25)22-13-16(5-12-26(22)29)14-24-27(30)21-11-10-19(36(32,33)34)15-23(21)28(24)31/h5-15,20,25H,2-4H2,1H3,(H,32,33,34)/b24-14-. The normalized spacial score (nSPS) is 21.6. The first-order valence-corrected chi connectivity index (χ1v) is 13.2. The quantitative estimate of drug-likeness (QED) is 0.298. The van der Waals surface area contributed by atoms with Crippen LogP contribution in [0.5, 0.6) is 5.75 Å². The molecule has 182 valence electrons. The molecule has 0 aromatic heterocycles. The monoisotopic (exact) mass is 501 g/mol. The molecule has 8 heteroatoms. The topological polar surface area (TPSA) is 101 Å². The Hall–Kier alpha value is -3.75. The van der Waals surface area contributed by atoms with Crippen LogP contribution in [0.2, 0.25) is 0 Å². The number of ketones is 2. The highest BCUT2D eigenvalue weighted by Gasteiger charge is 2.42. The Morgan fingerprint density at radius 1 is 0.944 bits per heavy atom. The maximum atomic E-state index is 13.0. The fourth-order valence-corrected chi connectivity index (χ4v) is 6.31. The number of benzene rings is 3. The second-order valence-electron chi connectivity index (χ2n) is 9.39. The van der Waals surface area contributed by atoms with Crippen LogP contribution < -0.4 is 9.64 Å². The molecule has 1 saturated carbocycles. The van der Waals surface area contributed by atoms with Gasteiger partial charge in [0.25, 0.3) is 10.1 Å². The third-order valence-electron chi connectivity index (χ3n) is 7.45. The van der Waals surface area contributed by atoms with E-state index in [1.807, 2.05) is 24.3 Å². The van der Waals surface area contributed by atoms with Gasteiger partial charge in [-0.25, -0.2) is 0 Å². The summed E-state index contributed by atoms with van der Waals surface area (Å²) in [4.78, 5) is 27.9. The van der Waals surface area contributed by atoms with Crippen molar-refractivity contribution >= 4 is 39.1 Å². The summed E-state index contributed by atoms with van der Waals surface area (Å²) in [5.41, 5.74) is 4.30. The predicted molar refractivity (Wildman–Crippen MR) is 135 cm³/mol. The van der Waals surface area contributed by atoms with Gasteiger partial charge in [0.05, 0.1) is 17.6 Å². The van der Waals surface area contributed by atoms with E-state index in [1.165, 1.54) is 11.6 Å². The summed E-state index contributed by atoms with van der Waals surface area (Å²) in [5, 5.41) is 0. The molecule has 7 nitrogen and oxygen atoms in total. The summed E-state index contributed by atoms with van der Waals surface area (Å²) >= 11 is 0. The molecule has 6 rings (SSSR count). The highest BCUT2D eigenvalue weighted by Crippen LogP contribution is 2.52. The molecule has 1 fully saturated rings. The molecule has 0 radical (unpaired) electrons. The van der Waals surface area contributed by atoms with Crippen LogP contribution in [0.25, 0.3) is 6.08 Å². The van der Waals surface area contributed by atoms with E-state index in [0.29, 0.717) is 12.0 Å². The third-order valence-corrected chi connectivity index (χ3v) is 8.30. The Bertz CT molecular complexity index is 1570. The SMILES string of the molecule is COc1ccc(N2c3ccc(/C=C4/C(=O)c5ccc(S(=O)(=O)O)cc5C4=O)cc3C3CCCC32)cc1. The average Bonchev–Trinajstić information content (AvgIpc) is 3.52. The van der Waals surface area contributed by atoms with Gasteiger partial charge in [0.2, 0.25) is 0 Å². The van der Waals surface area contributed by atoms with Gasteiger partial charge in [-0.3, -0.25) is 14.1 Å². The van der Waals surface area contributed by atoms with Crippen molar-refractivity contribution in [3.8, 4) is 5.75 Å². The van der Waals surface area contributed by atoms with Gasteiger partial charge in [-0.1, -0.05) is 12.5 Å². The van der Waals surface area contributed by atoms with Gasteiger partial charge in [0.1, 0.15) is 5.75 Å². The van der Waals surface area contributed by atoms with Crippen molar-refractivity contribution in [1.82, 2.24) is 0 Å². The Balaban J connectivity index is 1.38. The molecule has 1 aliphatic heterocycles. The number of nitrogens with zero attached hydrogens (tertiary/aromatic N) is 1. The number of ether oxygens (including phenoxy) is 1. The molecule has 2 atom stereocenters. The lowest BCUT2D eigenvalue weighted by atomic mass is 9.95. The lowest BCUT2D eigenvalue weighted by Crippen LogP contribution is -2.26. The molecule has 0 spiro atoms. The highest BCUT2D eigenvalue weighted by atomic mass is 32.2. The van der Waals surface area contributed by atoms with E-state index in [1.54, 1.807) is 13.2 Å². The van der Waals surface area contributed by atoms with Crippen molar-refractivity contribution < 1.29 is 27.3 Å². The van der Waals surface area contributed by atoms with E-state index in [2.05, 4.69) is 23.1 Å². The van der Waals surface area contributed by atoms with E-state index < -0.39 is 26.6 Å². The van der Waals surface area contributed by atoms with Gasteiger partial charge in [-0.15, -0.1) is 0 Å². The Labute approximate surface area is 208 Å². The van der Waals surface area contributed by atoms with Gasteiger partial charge in [0.15, 0.2) is 11.6 Å². The highest BCUT2D eigenvalue weighted by molar-refractivity contribution is 7.85. The van der Waals surface area contributed by atoms with Crippen molar-refractivity contribution in [3.05, 3.63) is 88.5 Å². The smallest absolute Gasteiger partial charge is 0.294 e. The maximum Gasteiger partial charge on any atom is 0.294 e. The summed E-state index contributed by atoms with van der Waals surface area (Å²) < 4.78 is 37.6. The van der Waals surface area contributed by atoms with Crippen LogP contribution in [0.3, 0.4) is 0 Å². The van der Waals surface area contributed by atoms with Crippen molar-refractivity contribution in [2.45, 2.75) is 36.1 Å². The van der Waals surface area contributed by atoms with Gasteiger partial charge >= 0.3 is 0 Å². The zero-order valence-electron chi connectivity index (χ0n) is 19.5. The molecular formula is C28H23NO6S. The van der Waals surface area contributed by atoms with Crippen LogP contribution >= 0.6 is 0 Å². The lowest BCUT2D eigenvalue weighted by molar-refractivity contribution is 0.0990. The Kier molecular flexibility index (Phi) is 5.14. The number of allylic oxidation sites excluding steroid dienone is 1. The van der Waals surface area contributed by atoms with E-state index in [4.69, 9.17) is 4.74 Å². The Morgan fingerprint density at radius 3 is 2.42 bits per heavy atom. The number of hydrogen-bond acceptors (Lipinski definition) is 6. The summed E-state index contributed by atoms with van der Waals surface area (Å²) in [5.74, 6) is 0.180. The molecule has 0 amide bonds. The van der Waals surface area contributed by atoms with Gasteiger partial charge in [-0.2, -0.15) is 8.42 Å². The first-order valence-electron chi connectivity index (χ1n) is 11.8. The molecule has 1 N–H and O–H groups in total. The summed E-state index contributed by atoms with van der Waals surface area (Å²) in [6.45, 7) is 0. The van der Waals surface area contributed by atoms with Crippen molar-refractivity contribution in [1.29, 1.82) is 0 Å².